The first-order valence-corrected chi connectivity index (χ1v) is 4.93. The van der Waals surface area contributed by atoms with Crippen molar-refractivity contribution in [3.05, 3.63) is 24.7 Å². The van der Waals surface area contributed by atoms with Crippen LogP contribution >= 0.6 is 0 Å². The quantitative estimate of drug-likeness (QED) is 0.739. The van der Waals surface area contributed by atoms with E-state index in [-0.39, 0.29) is 18.1 Å². The molecule has 6 heteroatoms. The van der Waals surface area contributed by atoms with Gasteiger partial charge in [0, 0.05) is 12.6 Å². The predicted molar refractivity (Wildman–Crippen MR) is 55.6 cm³/mol. The van der Waals surface area contributed by atoms with Crippen molar-refractivity contribution >= 4 is 5.84 Å². The molecule has 0 aliphatic carbocycles. The molecule has 2 rings (SSSR count). The van der Waals surface area contributed by atoms with Gasteiger partial charge < -0.3 is 15.4 Å². The standard InChI is InChI=1S/C10H13F2N3O/c1-6-5-10(11,12)9(16-6)15-4-3-8(13)14-7(15)2/h3-4,6,9H,2,5H2,1H3,(H2,13,14). The summed E-state index contributed by atoms with van der Waals surface area (Å²) >= 11 is 0. The Morgan fingerprint density at radius 2 is 2.38 bits per heavy atom. The molecule has 0 amide bonds. The molecule has 2 aliphatic rings. The average Bonchev–Trinajstić information content (AvgIpc) is 2.39. The Morgan fingerprint density at radius 3 is 2.88 bits per heavy atom. The summed E-state index contributed by atoms with van der Waals surface area (Å²) in [5.74, 6) is -2.50. The third kappa shape index (κ3) is 1.80. The lowest BCUT2D eigenvalue weighted by atomic mass is 10.2. The number of halogens is 2. The molecule has 16 heavy (non-hydrogen) atoms. The maximum absolute atomic E-state index is 13.6. The minimum atomic E-state index is -2.91. The summed E-state index contributed by atoms with van der Waals surface area (Å²) in [6, 6.07) is 0. The van der Waals surface area contributed by atoms with Crippen LogP contribution in [0, 0.1) is 0 Å². The van der Waals surface area contributed by atoms with Crippen LogP contribution in [0.15, 0.2) is 29.7 Å². The van der Waals surface area contributed by atoms with Gasteiger partial charge in [-0.05, 0) is 13.0 Å². The van der Waals surface area contributed by atoms with Gasteiger partial charge in [0.2, 0.25) is 0 Å². The predicted octanol–water partition coefficient (Wildman–Crippen LogP) is 1.41. The molecule has 0 aromatic rings. The van der Waals surface area contributed by atoms with E-state index in [2.05, 4.69) is 11.6 Å². The van der Waals surface area contributed by atoms with Crippen LogP contribution in [0.5, 0.6) is 0 Å². The van der Waals surface area contributed by atoms with E-state index >= 15 is 0 Å². The lowest BCUT2D eigenvalue weighted by Crippen LogP contribution is -2.42. The average molecular weight is 229 g/mol. The maximum Gasteiger partial charge on any atom is 0.294 e. The summed E-state index contributed by atoms with van der Waals surface area (Å²) in [5, 5.41) is 0. The fraction of sp³-hybridized carbons (Fsp3) is 0.500. The van der Waals surface area contributed by atoms with Gasteiger partial charge in [-0.3, -0.25) is 0 Å². The SMILES string of the molecule is C=C1N=C(N)C=CN1C1OC(C)CC1(F)F. The molecule has 2 atom stereocenters. The molecule has 4 nitrogen and oxygen atoms in total. The van der Waals surface area contributed by atoms with Crippen molar-refractivity contribution in [3.63, 3.8) is 0 Å². The number of hydrogen-bond donors (Lipinski definition) is 1. The maximum atomic E-state index is 13.6. The minimum Gasteiger partial charge on any atom is -0.384 e. The van der Waals surface area contributed by atoms with Gasteiger partial charge >= 0.3 is 0 Å². The molecule has 2 unspecified atom stereocenters. The monoisotopic (exact) mass is 229 g/mol. The minimum absolute atomic E-state index is 0.166. The van der Waals surface area contributed by atoms with Crippen molar-refractivity contribution in [2.75, 3.05) is 0 Å². The molecular formula is C10H13F2N3O. The number of amidine groups is 1. The first kappa shape index (κ1) is 11.1. The molecule has 2 N–H and O–H groups in total. The Bertz CT molecular complexity index is 378. The van der Waals surface area contributed by atoms with Gasteiger partial charge in [0.25, 0.3) is 5.92 Å². The van der Waals surface area contributed by atoms with Crippen LogP contribution in [-0.4, -0.2) is 29.0 Å². The molecule has 1 saturated heterocycles. The van der Waals surface area contributed by atoms with E-state index in [1.807, 2.05) is 0 Å². The first-order valence-electron chi connectivity index (χ1n) is 4.93. The van der Waals surface area contributed by atoms with Crippen LogP contribution < -0.4 is 5.73 Å². The normalized spacial score (nSPS) is 33.1. The molecule has 2 heterocycles. The van der Waals surface area contributed by atoms with Crippen molar-refractivity contribution in [2.45, 2.75) is 31.6 Å². The fourth-order valence-corrected chi connectivity index (χ4v) is 1.82. The van der Waals surface area contributed by atoms with E-state index in [1.165, 1.54) is 17.2 Å². The topological polar surface area (TPSA) is 50.8 Å². The second-order valence-corrected chi connectivity index (χ2v) is 3.94. The summed E-state index contributed by atoms with van der Waals surface area (Å²) in [5.41, 5.74) is 5.43. The molecule has 0 aromatic carbocycles. The molecule has 88 valence electrons. The summed E-state index contributed by atoms with van der Waals surface area (Å²) in [6.45, 7) is 5.19. The Labute approximate surface area is 92.1 Å². The van der Waals surface area contributed by atoms with Gasteiger partial charge in [0.15, 0.2) is 6.23 Å². The smallest absolute Gasteiger partial charge is 0.294 e. The van der Waals surface area contributed by atoms with Gasteiger partial charge in [-0.2, -0.15) is 0 Å². The van der Waals surface area contributed by atoms with Crippen LogP contribution in [-0.2, 0) is 4.74 Å². The van der Waals surface area contributed by atoms with Gasteiger partial charge in [-0.1, -0.05) is 6.58 Å². The molecule has 0 aromatic heterocycles. The molecule has 0 radical (unpaired) electrons. The van der Waals surface area contributed by atoms with Crippen molar-refractivity contribution in [1.82, 2.24) is 4.90 Å². The van der Waals surface area contributed by atoms with Crippen LogP contribution in [0.25, 0.3) is 0 Å². The second kappa shape index (κ2) is 3.55. The highest BCUT2D eigenvalue weighted by Crippen LogP contribution is 2.39. The van der Waals surface area contributed by atoms with Crippen LogP contribution in [0.1, 0.15) is 13.3 Å². The van der Waals surface area contributed by atoms with Crippen LogP contribution in [0.3, 0.4) is 0 Å². The number of aliphatic imine (C=N–C) groups is 1. The number of nitrogens with two attached hydrogens (primary N) is 1. The Balaban J connectivity index is 2.21. The zero-order valence-corrected chi connectivity index (χ0v) is 8.86. The third-order valence-electron chi connectivity index (χ3n) is 2.50. The van der Waals surface area contributed by atoms with E-state index in [0.717, 1.165) is 0 Å². The largest absolute Gasteiger partial charge is 0.384 e. The van der Waals surface area contributed by atoms with E-state index in [4.69, 9.17) is 10.5 Å². The van der Waals surface area contributed by atoms with E-state index in [9.17, 15) is 8.78 Å². The van der Waals surface area contributed by atoms with E-state index in [0.29, 0.717) is 0 Å². The first-order chi connectivity index (χ1) is 7.40. The van der Waals surface area contributed by atoms with Gasteiger partial charge in [-0.25, -0.2) is 13.8 Å². The number of alkyl halides is 2. The lowest BCUT2D eigenvalue weighted by molar-refractivity contribution is -0.126. The second-order valence-electron chi connectivity index (χ2n) is 3.94. The Morgan fingerprint density at radius 1 is 1.69 bits per heavy atom. The number of hydrogen-bond acceptors (Lipinski definition) is 4. The van der Waals surface area contributed by atoms with Gasteiger partial charge in [-0.15, -0.1) is 0 Å². The molecule has 0 bridgehead atoms. The fourth-order valence-electron chi connectivity index (χ4n) is 1.82. The third-order valence-corrected chi connectivity index (χ3v) is 2.50. The zero-order valence-electron chi connectivity index (χ0n) is 8.86. The molecular weight excluding hydrogens is 216 g/mol. The summed E-state index contributed by atoms with van der Waals surface area (Å²) in [7, 11) is 0. The molecule has 0 saturated carbocycles. The van der Waals surface area contributed by atoms with Crippen molar-refractivity contribution in [2.24, 2.45) is 10.7 Å². The van der Waals surface area contributed by atoms with Crippen molar-refractivity contribution in [1.29, 1.82) is 0 Å². The van der Waals surface area contributed by atoms with Crippen LogP contribution in [0.4, 0.5) is 8.78 Å². The summed E-state index contributed by atoms with van der Waals surface area (Å²) in [6.07, 6.45) is 0.736. The summed E-state index contributed by atoms with van der Waals surface area (Å²) < 4.78 is 32.4. The Kier molecular flexibility index (Phi) is 2.46. The van der Waals surface area contributed by atoms with Crippen molar-refractivity contribution in [3.8, 4) is 0 Å². The number of ether oxygens (including phenoxy) is 1. The van der Waals surface area contributed by atoms with Gasteiger partial charge in [0.1, 0.15) is 11.7 Å². The Hall–Kier alpha value is -1.43. The zero-order chi connectivity index (χ0) is 11.9. The lowest BCUT2D eigenvalue weighted by Gasteiger charge is -2.31. The van der Waals surface area contributed by atoms with Crippen molar-refractivity contribution < 1.29 is 13.5 Å². The van der Waals surface area contributed by atoms with Gasteiger partial charge in [0.05, 0.1) is 6.10 Å². The molecule has 2 aliphatic heterocycles. The van der Waals surface area contributed by atoms with E-state index in [1.54, 1.807) is 6.92 Å². The molecule has 1 fully saturated rings. The van der Waals surface area contributed by atoms with E-state index < -0.39 is 18.3 Å². The van der Waals surface area contributed by atoms with Crippen LogP contribution in [0.2, 0.25) is 0 Å². The highest BCUT2D eigenvalue weighted by molar-refractivity contribution is 5.92. The summed E-state index contributed by atoms with van der Waals surface area (Å²) in [4.78, 5) is 5.03. The highest BCUT2D eigenvalue weighted by atomic mass is 19.3. The number of rotatable bonds is 1. The highest BCUT2D eigenvalue weighted by Gasteiger charge is 2.52. The molecule has 0 spiro atoms. The number of nitrogens with zero attached hydrogens (tertiary/aromatic N) is 2.